The van der Waals surface area contributed by atoms with E-state index in [-0.39, 0.29) is 6.10 Å². The van der Waals surface area contributed by atoms with E-state index in [9.17, 15) is 0 Å². The number of nitrogens with zero attached hydrogens (tertiary/aromatic N) is 4. The summed E-state index contributed by atoms with van der Waals surface area (Å²) >= 11 is 0. The molecule has 0 aliphatic carbocycles. The molecular weight excluding hydrogens is 386 g/mol. The van der Waals surface area contributed by atoms with E-state index in [2.05, 4.69) is 62.3 Å². The molecule has 1 N–H and O–H groups in total. The molecule has 3 heterocycles. The average molecular weight is 428 g/mol. The van der Waals surface area contributed by atoms with Crippen LogP contribution in [-0.4, -0.2) is 91.8 Å². The Kier molecular flexibility index (Phi) is 8.22. The van der Waals surface area contributed by atoms with E-state index >= 15 is 0 Å². The topological polar surface area (TPSA) is 43.3 Å². The van der Waals surface area contributed by atoms with Crippen molar-refractivity contribution in [3.8, 4) is 0 Å². The molecular formula is C25H41N5O. The Morgan fingerprint density at radius 1 is 1.10 bits per heavy atom. The number of fused-ring (bicyclic) bond motifs is 1. The van der Waals surface area contributed by atoms with Gasteiger partial charge in [-0.15, -0.1) is 0 Å². The maximum atomic E-state index is 6.14. The van der Waals surface area contributed by atoms with E-state index in [1.54, 1.807) is 0 Å². The largest absolute Gasteiger partial charge is 0.373 e. The second-order valence-electron chi connectivity index (χ2n) is 9.40. The van der Waals surface area contributed by atoms with E-state index in [4.69, 9.17) is 4.74 Å². The summed E-state index contributed by atoms with van der Waals surface area (Å²) in [7, 11) is 1.91. The van der Waals surface area contributed by atoms with Gasteiger partial charge in [0.1, 0.15) is 0 Å². The van der Waals surface area contributed by atoms with Gasteiger partial charge in [0.05, 0.1) is 18.8 Å². The highest BCUT2D eigenvalue weighted by atomic mass is 16.5. The van der Waals surface area contributed by atoms with Crippen LogP contribution in [0.5, 0.6) is 0 Å². The average Bonchev–Trinajstić information content (AvgIpc) is 3.23. The number of ether oxygens (including phenoxy) is 1. The van der Waals surface area contributed by atoms with Crippen LogP contribution in [-0.2, 0) is 11.3 Å². The third-order valence-electron chi connectivity index (χ3n) is 7.25. The summed E-state index contributed by atoms with van der Waals surface area (Å²) in [5.74, 6) is 1.03. The first kappa shape index (κ1) is 22.6. The fourth-order valence-corrected chi connectivity index (χ4v) is 5.41. The number of likely N-dealkylation sites (tertiary alicyclic amines) is 2. The lowest BCUT2D eigenvalue weighted by molar-refractivity contribution is -0.0502. The zero-order valence-corrected chi connectivity index (χ0v) is 19.5. The molecule has 3 saturated heterocycles. The van der Waals surface area contributed by atoms with Gasteiger partial charge in [-0.05, 0) is 51.3 Å². The SMILES string of the molecule is CN=C(NCCCCN1CCCCC1C)N1CC2OCCN(Cc3ccccc3)C2C1. The van der Waals surface area contributed by atoms with E-state index in [1.807, 2.05) is 7.05 Å². The predicted molar refractivity (Wildman–Crippen MR) is 127 cm³/mol. The summed E-state index contributed by atoms with van der Waals surface area (Å²) in [5, 5.41) is 3.62. The van der Waals surface area contributed by atoms with Crippen molar-refractivity contribution >= 4 is 5.96 Å². The van der Waals surface area contributed by atoms with Gasteiger partial charge in [0.25, 0.3) is 0 Å². The van der Waals surface area contributed by atoms with Crippen LogP contribution >= 0.6 is 0 Å². The Morgan fingerprint density at radius 3 is 2.77 bits per heavy atom. The highest BCUT2D eigenvalue weighted by Gasteiger charge is 2.41. The van der Waals surface area contributed by atoms with Gasteiger partial charge in [-0.1, -0.05) is 36.8 Å². The zero-order chi connectivity index (χ0) is 21.5. The monoisotopic (exact) mass is 427 g/mol. The third-order valence-corrected chi connectivity index (χ3v) is 7.25. The minimum absolute atomic E-state index is 0.275. The van der Waals surface area contributed by atoms with Gasteiger partial charge in [0.15, 0.2) is 5.96 Å². The number of guanidine groups is 1. The highest BCUT2D eigenvalue weighted by molar-refractivity contribution is 5.80. The first-order valence-electron chi connectivity index (χ1n) is 12.3. The van der Waals surface area contributed by atoms with E-state index in [0.717, 1.165) is 51.3 Å². The number of benzene rings is 1. The molecule has 4 rings (SSSR count). The molecule has 3 atom stereocenters. The van der Waals surface area contributed by atoms with Gasteiger partial charge >= 0.3 is 0 Å². The van der Waals surface area contributed by atoms with Crippen LogP contribution in [0.15, 0.2) is 35.3 Å². The van der Waals surface area contributed by atoms with E-state index in [1.165, 1.54) is 50.8 Å². The number of nitrogens with one attached hydrogen (secondary N) is 1. The number of morpholine rings is 1. The molecule has 0 aromatic heterocycles. The van der Waals surface area contributed by atoms with Crippen molar-refractivity contribution in [2.24, 2.45) is 4.99 Å². The molecule has 31 heavy (non-hydrogen) atoms. The number of hydrogen-bond acceptors (Lipinski definition) is 4. The molecule has 1 aromatic rings. The molecule has 172 valence electrons. The normalized spacial score (nSPS) is 28.0. The minimum atomic E-state index is 0.275. The molecule has 6 nitrogen and oxygen atoms in total. The van der Waals surface area contributed by atoms with E-state index < -0.39 is 0 Å². The smallest absolute Gasteiger partial charge is 0.193 e. The van der Waals surface area contributed by atoms with Crippen molar-refractivity contribution in [1.29, 1.82) is 0 Å². The van der Waals surface area contributed by atoms with Crippen molar-refractivity contribution in [3.05, 3.63) is 35.9 Å². The molecule has 3 unspecified atom stereocenters. The fraction of sp³-hybridized carbons (Fsp3) is 0.720. The Balaban J connectivity index is 1.22. The second kappa shape index (κ2) is 11.3. The van der Waals surface area contributed by atoms with Crippen LogP contribution in [0.2, 0.25) is 0 Å². The molecule has 3 aliphatic heterocycles. The van der Waals surface area contributed by atoms with Crippen LogP contribution in [0, 0.1) is 0 Å². The predicted octanol–water partition coefficient (Wildman–Crippen LogP) is 2.80. The van der Waals surface area contributed by atoms with Crippen LogP contribution in [0.3, 0.4) is 0 Å². The lowest BCUT2D eigenvalue weighted by atomic mass is 10.0. The standard InChI is InChI=1S/C25H41N5O/c1-21-10-6-8-14-28(21)15-9-7-13-27-25(26-2)30-19-23-24(20-30)31-17-16-29(23)18-22-11-4-3-5-12-22/h3-5,11-12,21,23-24H,6-10,13-20H2,1-2H3,(H,26,27). The molecule has 6 heteroatoms. The van der Waals surface area contributed by atoms with Crippen LogP contribution < -0.4 is 5.32 Å². The maximum Gasteiger partial charge on any atom is 0.193 e. The quantitative estimate of drug-likeness (QED) is 0.412. The van der Waals surface area contributed by atoms with Gasteiger partial charge in [-0.3, -0.25) is 9.89 Å². The Labute approximate surface area is 188 Å². The maximum absolute atomic E-state index is 6.14. The van der Waals surface area contributed by atoms with Gasteiger partial charge in [0.2, 0.25) is 0 Å². The summed E-state index contributed by atoms with van der Waals surface area (Å²) < 4.78 is 6.14. The highest BCUT2D eigenvalue weighted by Crippen LogP contribution is 2.24. The van der Waals surface area contributed by atoms with Gasteiger partial charge in [-0.2, -0.15) is 0 Å². The first-order valence-corrected chi connectivity index (χ1v) is 12.3. The van der Waals surface area contributed by atoms with Crippen molar-refractivity contribution < 1.29 is 4.74 Å². The lowest BCUT2D eigenvalue weighted by Crippen LogP contribution is -2.50. The molecule has 0 amide bonds. The first-order chi connectivity index (χ1) is 15.2. The van der Waals surface area contributed by atoms with Crippen LogP contribution in [0.1, 0.15) is 44.6 Å². The Morgan fingerprint density at radius 2 is 1.97 bits per heavy atom. The van der Waals surface area contributed by atoms with Crippen molar-refractivity contribution in [2.45, 2.75) is 63.8 Å². The molecule has 3 fully saturated rings. The van der Waals surface area contributed by atoms with E-state index in [0.29, 0.717) is 6.04 Å². The Hall–Kier alpha value is -1.63. The van der Waals surface area contributed by atoms with Crippen LogP contribution in [0.25, 0.3) is 0 Å². The summed E-state index contributed by atoms with van der Waals surface area (Å²) in [6.07, 6.45) is 6.87. The molecule has 0 bridgehead atoms. The van der Waals surface area contributed by atoms with Crippen molar-refractivity contribution in [1.82, 2.24) is 20.0 Å². The number of rotatable bonds is 7. The summed E-state index contributed by atoms with van der Waals surface area (Å²) in [6, 6.07) is 12.0. The molecule has 0 saturated carbocycles. The molecule has 3 aliphatic rings. The number of hydrogen-bond donors (Lipinski definition) is 1. The summed E-state index contributed by atoms with van der Waals surface area (Å²) in [5.41, 5.74) is 1.38. The Bertz CT molecular complexity index is 696. The summed E-state index contributed by atoms with van der Waals surface area (Å²) in [4.78, 5) is 12.2. The number of piperidine rings is 1. The molecule has 0 spiro atoms. The second-order valence-corrected chi connectivity index (χ2v) is 9.40. The minimum Gasteiger partial charge on any atom is -0.373 e. The molecule has 0 radical (unpaired) electrons. The fourth-order valence-electron chi connectivity index (χ4n) is 5.41. The lowest BCUT2D eigenvalue weighted by Gasteiger charge is -2.36. The van der Waals surface area contributed by atoms with Gasteiger partial charge < -0.3 is 19.9 Å². The molecule has 1 aromatic carbocycles. The number of aliphatic imine (C=N–C) groups is 1. The number of unbranched alkanes of at least 4 members (excludes halogenated alkanes) is 1. The van der Waals surface area contributed by atoms with Gasteiger partial charge in [-0.25, -0.2) is 0 Å². The van der Waals surface area contributed by atoms with Gasteiger partial charge in [0, 0.05) is 45.8 Å². The summed E-state index contributed by atoms with van der Waals surface area (Å²) in [6.45, 7) is 10.6. The van der Waals surface area contributed by atoms with Crippen LogP contribution in [0.4, 0.5) is 0 Å². The van der Waals surface area contributed by atoms with Crippen molar-refractivity contribution in [3.63, 3.8) is 0 Å². The zero-order valence-electron chi connectivity index (χ0n) is 19.5. The third kappa shape index (κ3) is 5.99. The van der Waals surface area contributed by atoms with Crippen molar-refractivity contribution in [2.75, 3.05) is 52.9 Å².